The van der Waals surface area contributed by atoms with E-state index in [1.54, 1.807) is 0 Å². The smallest absolute Gasteiger partial charge is 0.137 e. The van der Waals surface area contributed by atoms with Gasteiger partial charge in [0, 0.05) is 6.42 Å². The van der Waals surface area contributed by atoms with Crippen molar-refractivity contribution in [3.8, 4) is 11.8 Å². The van der Waals surface area contributed by atoms with Crippen LogP contribution in [0.3, 0.4) is 0 Å². The summed E-state index contributed by atoms with van der Waals surface area (Å²) in [6.07, 6.45) is 0.989. The highest BCUT2D eigenvalue weighted by molar-refractivity contribution is 5.46. The molecule has 17 heavy (non-hydrogen) atoms. The molecule has 1 fully saturated rings. The van der Waals surface area contributed by atoms with Crippen LogP contribution < -0.4 is 4.74 Å². The predicted molar refractivity (Wildman–Crippen MR) is 65.1 cm³/mol. The zero-order valence-corrected chi connectivity index (χ0v) is 10.3. The molecule has 0 aliphatic carbocycles. The number of nitrogens with zero attached hydrogens (tertiary/aromatic N) is 1. The second-order valence-electron chi connectivity index (χ2n) is 4.63. The summed E-state index contributed by atoms with van der Waals surface area (Å²) in [5.74, 6) is 1.10. The topological polar surface area (TPSA) is 42.2 Å². The van der Waals surface area contributed by atoms with Crippen molar-refractivity contribution in [2.75, 3.05) is 13.2 Å². The fourth-order valence-electron chi connectivity index (χ4n) is 1.88. The maximum absolute atomic E-state index is 9.14. The van der Waals surface area contributed by atoms with E-state index in [0.717, 1.165) is 18.6 Å². The molecule has 0 amide bonds. The predicted octanol–water partition coefficient (Wildman–Crippen LogP) is 2.85. The van der Waals surface area contributed by atoms with E-state index < -0.39 is 0 Å². The van der Waals surface area contributed by atoms with Gasteiger partial charge >= 0.3 is 0 Å². The lowest BCUT2D eigenvalue weighted by Gasteiger charge is -2.14. The Morgan fingerprint density at radius 2 is 2.29 bits per heavy atom. The van der Waals surface area contributed by atoms with Crippen molar-refractivity contribution < 1.29 is 9.47 Å². The number of hydrogen-bond acceptors (Lipinski definition) is 3. The molecule has 1 aliphatic heterocycles. The molecular weight excluding hydrogens is 214 g/mol. The van der Waals surface area contributed by atoms with Crippen LogP contribution in [0.5, 0.6) is 5.75 Å². The van der Waals surface area contributed by atoms with E-state index in [4.69, 9.17) is 14.7 Å². The van der Waals surface area contributed by atoms with Crippen molar-refractivity contribution >= 4 is 0 Å². The normalized spacial score (nSPS) is 19.3. The Bertz CT molecular complexity index is 428. The molecule has 1 aromatic rings. The van der Waals surface area contributed by atoms with Crippen molar-refractivity contribution in [2.24, 2.45) is 0 Å². The maximum atomic E-state index is 9.14. The Morgan fingerprint density at radius 1 is 1.47 bits per heavy atom. The second-order valence-corrected chi connectivity index (χ2v) is 4.63. The van der Waals surface area contributed by atoms with Gasteiger partial charge in [0.15, 0.2) is 0 Å². The van der Waals surface area contributed by atoms with Gasteiger partial charge in [-0.1, -0.05) is 19.9 Å². The van der Waals surface area contributed by atoms with E-state index in [-0.39, 0.29) is 6.10 Å². The summed E-state index contributed by atoms with van der Waals surface area (Å²) in [4.78, 5) is 0. The monoisotopic (exact) mass is 231 g/mol. The lowest BCUT2D eigenvalue weighted by atomic mass is 10.0. The van der Waals surface area contributed by atoms with E-state index in [9.17, 15) is 0 Å². The third-order valence-electron chi connectivity index (χ3n) is 2.97. The number of rotatable bonds is 3. The number of ether oxygens (including phenoxy) is 2. The van der Waals surface area contributed by atoms with Crippen LogP contribution >= 0.6 is 0 Å². The zero-order chi connectivity index (χ0) is 12.3. The van der Waals surface area contributed by atoms with Crippen molar-refractivity contribution in [3.63, 3.8) is 0 Å². The third-order valence-corrected chi connectivity index (χ3v) is 2.97. The van der Waals surface area contributed by atoms with Crippen LogP contribution in [0.1, 0.15) is 37.3 Å². The summed E-state index contributed by atoms with van der Waals surface area (Å²) < 4.78 is 11.0. The minimum atomic E-state index is 0.0898. The van der Waals surface area contributed by atoms with Crippen molar-refractivity contribution in [1.82, 2.24) is 0 Å². The molecule has 2 rings (SSSR count). The van der Waals surface area contributed by atoms with Crippen molar-refractivity contribution in [2.45, 2.75) is 32.3 Å². The van der Waals surface area contributed by atoms with Gasteiger partial charge in [0.1, 0.15) is 17.9 Å². The largest absolute Gasteiger partial charge is 0.487 e. The minimum Gasteiger partial charge on any atom is -0.487 e. The highest BCUT2D eigenvalue weighted by atomic mass is 16.5. The van der Waals surface area contributed by atoms with Crippen molar-refractivity contribution in [1.29, 1.82) is 5.26 Å². The van der Waals surface area contributed by atoms with Crippen LogP contribution in [0.2, 0.25) is 0 Å². The molecule has 0 radical (unpaired) electrons. The van der Waals surface area contributed by atoms with E-state index >= 15 is 0 Å². The molecule has 1 saturated heterocycles. The molecule has 0 unspecified atom stereocenters. The standard InChI is InChI=1S/C14H17NO2/c1-10(2)11-3-4-14(12(7-11)8-15)17-13-5-6-16-9-13/h3-4,7,10,13H,5-6,9H2,1-2H3/t13-/m0/s1. The van der Waals surface area contributed by atoms with Crippen LogP contribution in [-0.2, 0) is 4.74 Å². The van der Waals surface area contributed by atoms with E-state index in [1.807, 2.05) is 18.2 Å². The van der Waals surface area contributed by atoms with Crippen LogP contribution in [0, 0.1) is 11.3 Å². The molecule has 1 aromatic carbocycles. The molecule has 1 atom stereocenters. The van der Waals surface area contributed by atoms with Crippen LogP contribution in [-0.4, -0.2) is 19.3 Å². The minimum absolute atomic E-state index is 0.0898. The van der Waals surface area contributed by atoms with Gasteiger partial charge in [-0.2, -0.15) is 5.26 Å². The Morgan fingerprint density at radius 3 is 2.88 bits per heavy atom. The van der Waals surface area contributed by atoms with E-state index in [0.29, 0.717) is 23.8 Å². The molecule has 0 N–H and O–H groups in total. The molecule has 3 nitrogen and oxygen atoms in total. The summed E-state index contributed by atoms with van der Waals surface area (Å²) in [5, 5.41) is 9.14. The fraction of sp³-hybridized carbons (Fsp3) is 0.500. The lowest BCUT2D eigenvalue weighted by Crippen LogP contribution is -2.16. The first-order valence-corrected chi connectivity index (χ1v) is 5.99. The summed E-state index contributed by atoms with van der Waals surface area (Å²) in [7, 11) is 0. The molecule has 0 saturated carbocycles. The average molecular weight is 231 g/mol. The molecule has 0 spiro atoms. The van der Waals surface area contributed by atoms with Gasteiger partial charge in [0.2, 0.25) is 0 Å². The molecule has 3 heteroatoms. The lowest BCUT2D eigenvalue weighted by molar-refractivity contribution is 0.141. The van der Waals surface area contributed by atoms with Gasteiger partial charge in [-0.05, 0) is 23.6 Å². The van der Waals surface area contributed by atoms with Crippen LogP contribution in [0.15, 0.2) is 18.2 Å². The SMILES string of the molecule is CC(C)c1ccc(O[C@H]2CCOC2)c(C#N)c1. The average Bonchev–Trinajstić information content (AvgIpc) is 2.82. The quantitative estimate of drug-likeness (QED) is 0.803. The van der Waals surface area contributed by atoms with Gasteiger partial charge in [0.05, 0.1) is 18.8 Å². The van der Waals surface area contributed by atoms with Crippen LogP contribution in [0.4, 0.5) is 0 Å². The summed E-state index contributed by atoms with van der Waals surface area (Å²) in [6, 6.07) is 8.03. The molecule has 1 heterocycles. The van der Waals surface area contributed by atoms with Gasteiger partial charge in [-0.15, -0.1) is 0 Å². The second kappa shape index (κ2) is 5.20. The number of hydrogen-bond donors (Lipinski definition) is 0. The Labute approximate surface area is 102 Å². The summed E-state index contributed by atoms with van der Waals surface area (Å²) in [6.45, 7) is 5.59. The molecule has 90 valence electrons. The zero-order valence-electron chi connectivity index (χ0n) is 10.3. The van der Waals surface area contributed by atoms with Gasteiger partial charge in [0.25, 0.3) is 0 Å². The number of nitriles is 1. The Hall–Kier alpha value is -1.53. The van der Waals surface area contributed by atoms with Gasteiger partial charge in [-0.3, -0.25) is 0 Å². The Balaban J connectivity index is 2.19. The third kappa shape index (κ3) is 2.78. The van der Waals surface area contributed by atoms with Gasteiger partial charge < -0.3 is 9.47 Å². The fourth-order valence-corrected chi connectivity index (χ4v) is 1.88. The number of benzene rings is 1. The van der Waals surface area contributed by atoms with E-state index in [2.05, 4.69) is 19.9 Å². The first-order chi connectivity index (χ1) is 8.20. The highest BCUT2D eigenvalue weighted by Gasteiger charge is 2.18. The molecular formula is C14H17NO2. The summed E-state index contributed by atoms with van der Waals surface area (Å²) in [5.41, 5.74) is 1.78. The molecule has 0 bridgehead atoms. The van der Waals surface area contributed by atoms with E-state index in [1.165, 1.54) is 0 Å². The van der Waals surface area contributed by atoms with Gasteiger partial charge in [-0.25, -0.2) is 0 Å². The summed E-state index contributed by atoms with van der Waals surface area (Å²) >= 11 is 0. The Kier molecular flexibility index (Phi) is 3.65. The molecule has 1 aliphatic rings. The maximum Gasteiger partial charge on any atom is 0.137 e. The first kappa shape index (κ1) is 11.9. The highest BCUT2D eigenvalue weighted by Crippen LogP contribution is 2.25. The first-order valence-electron chi connectivity index (χ1n) is 5.99. The van der Waals surface area contributed by atoms with Crippen LogP contribution in [0.25, 0.3) is 0 Å². The molecule has 0 aromatic heterocycles. The van der Waals surface area contributed by atoms with Crippen molar-refractivity contribution in [3.05, 3.63) is 29.3 Å².